The molecule has 1 aromatic carbocycles. The number of carbonyl (C=O) groups excluding carboxylic acids is 2. The number of urea groups is 1. The number of amides is 3. The summed E-state index contributed by atoms with van der Waals surface area (Å²) in [7, 11) is 4.93. The summed E-state index contributed by atoms with van der Waals surface area (Å²) < 4.78 is 6.72. The number of benzene rings is 1. The first-order chi connectivity index (χ1) is 16.4. The van der Waals surface area contributed by atoms with Crippen molar-refractivity contribution < 1.29 is 14.3 Å². The normalized spacial score (nSPS) is 13.5. The Balaban J connectivity index is 1.67. The van der Waals surface area contributed by atoms with Crippen LogP contribution >= 0.6 is 0 Å². The maximum Gasteiger partial charge on any atom is 0.325 e. The van der Waals surface area contributed by atoms with E-state index in [4.69, 9.17) is 4.74 Å². The van der Waals surface area contributed by atoms with Crippen molar-refractivity contribution in [2.75, 3.05) is 50.6 Å². The second kappa shape index (κ2) is 9.83. The lowest BCUT2D eigenvalue weighted by Gasteiger charge is -2.19. The Kier molecular flexibility index (Phi) is 6.68. The second-order valence-corrected chi connectivity index (χ2v) is 7.80. The standard InChI is InChI=1S/C22H27N9O3/c1-14-15(20-24-13-29(3)28-20)6-5-7-16(14)25-17-12-18(26-27-19(17)21(32)23-2)31-9-8-30(22(31)33)10-11-34-4/h5-7,12-13H,8-11H2,1-4H3,(H,23,32)(H,25,26). The largest absolute Gasteiger partial charge is 0.383 e. The van der Waals surface area contributed by atoms with E-state index >= 15 is 0 Å². The van der Waals surface area contributed by atoms with Gasteiger partial charge in [0, 0.05) is 58.2 Å². The number of hydrogen-bond donors (Lipinski definition) is 2. The van der Waals surface area contributed by atoms with Crippen molar-refractivity contribution in [1.82, 2.24) is 35.2 Å². The number of nitrogens with one attached hydrogen (secondary N) is 2. The molecule has 12 nitrogen and oxygen atoms in total. The van der Waals surface area contributed by atoms with Crippen molar-refractivity contribution in [2.24, 2.45) is 7.05 Å². The summed E-state index contributed by atoms with van der Waals surface area (Å²) >= 11 is 0. The smallest absolute Gasteiger partial charge is 0.325 e. The number of methoxy groups -OCH3 is 1. The maximum atomic E-state index is 12.8. The number of anilines is 3. The van der Waals surface area contributed by atoms with Crippen LogP contribution in [-0.2, 0) is 11.8 Å². The average Bonchev–Trinajstić information content (AvgIpc) is 3.43. The Bertz CT molecular complexity index is 1210. The number of aryl methyl sites for hydroxylation is 1. The van der Waals surface area contributed by atoms with Gasteiger partial charge in [-0.1, -0.05) is 12.1 Å². The highest BCUT2D eigenvalue weighted by atomic mass is 16.5. The first-order valence-electron chi connectivity index (χ1n) is 10.8. The van der Waals surface area contributed by atoms with E-state index in [1.54, 1.807) is 34.0 Å². The van der Waals surface area contributed by atoms with E-state index < -0.39 is 5.91 Å². The third kappa shape index (κ3) is 4.53. The minimum Gasteiger partial charge on any atom is -0.383 e. The third-order valence-electron chi connectivity index (χ3n) is 5.60. The summed E-state index contributed by atoms with van der Waals surface area (Å²) in [6.45, 7) is 3.92. The molecule has 1 aliphatic heterocycles. The Labute approximate surface area is 196 Å². The Morgan fingerprint density at radius 1 is 1.21 bits per heavy atom. The van der Waals surface area contributed by atoms with Gasteiger partial charge >= 0.3 is 6.03 Å². The van der Waals surface area contributed by atoms with Gasteiger partial charge in [0.05, 0.1) is 12.3 Å². The molecule has 2 aromatic heterocycles. The Morgan fingerprint density at radius 3 is 2.74 bits per heavy atom. The summed E-state index contributed by atoms with van der Waals surface area (Å²) in [5.74, 6) is 0.569. The quantitative estimate of drug-likeness (QED) is 0.513. The van der Waals surface area contributed by atoms with Gasteiger partial charge in [0.2, 0.25) is 0 Å². The summed E-state index contributed by atoms with van der Waals surface area (Å²) in [6, 6.07) is 7.20. The van der Waals surface area contributed by atoms with E-state index in [-0.39, 0.29) is 11.7 Å². The molecule has 2 N–H and O–H groups in total. The lowest BCUT2D eigenvalue weighted by molar-refractivity contribution is 0.0958. The summed E-state index contributed by atoms with van der Waals surface area (Å²) in [5.41, 5.74) is 3.07. The van der Waals surface area contributed by atoms with Gasteiger partial charge in [0.15, 0.2) is 17.3 Å². The molecule has 3 amide bonds. The zero-order chi connectivity index (χ0) is 24.2. The molecular formula is C22H27N9O3. The van der Waals surface area contributed by atoms with Crippen LogP contribution in [0.2, 0.25) is 0 Å². The monoisotopic (exact) mass is 465 g/mol. The van der Waals surface area contributed by atoms with Gasteiger partial charge in [-0.25, -0.2) is 9.78 Å². The molecular weight excluding hydrogens is 438 g/mol. The van der Waals surface area contributed by atoms with Crippen LogP contribution in [0.15, 0.2) is 30.6 Å². The maximum absolute atomic E-state index is 12.8. The van der Waals surface area contributed by atoms with Crippen molar-refractivity contribution in [3.05, 3.63) is 41.9 Å². The molecule has 1 aliphatic rings. The van der Waals surface area contributed by atoms with Crippen LogP contribution < -0.4 is 15.5 Å². The molecule has 0 atom stereocenters. The molecule has 1 fully saturated rings. The SMILES string of the molecule is CNC(=O)c1nnc(N2CCN(CCOC)C2=O)cc1Nc1cccc(-c2ncn(C)n2)c1C. The topological polar surface area (TPSA) is 130 Å². The lowest BCUT2D eigenvalue weighted by Crippen LogP contribution is -2.34. The Morgan fingerprint density at radius 2 is 2.03 bits per heavy atom. The van der Waals surface area contributed by atoms with E-state index in [0.717, 1.165) is 16.8 Å². The highest BCUT2D eigenvalue weighted by molar-refractivity contribution is 6.00. The van der Waals surface area contributed by atoms with Crippen LogP contribution in [0.3, 0.4) is 0 Å². The molecule has 34 heavy (non-hydrogen) atoms. The molecule has 1 saturated heterocycles. The van der Waals surface area contributed by atoms with E-state index in [9.17, 15) is 9.59 Å². The van der Waals surface area contributed by atoms with Crippen LogP contribution in [0.1, 0.15) is 16.1 Å². The van der Waals surface area contributed by atoms with Gasteiger partial charge in [-0.05, 0) is 18.6 Å². The number of carbonyl (C=O) groups is 2. The van der Waals surface area contributed by atoms with Crippen molar-refractivity contribution in [2.45, 2.75) is 6.92 Å². The first kappa shape index (κ1) is 23.1. The molecule has 4 rings (SSSR count). The van der Waals surface area contributed by atoms with Crippen molar-refractivity contribution in [3.8, 4) is 11.4 Å². The zero-order valence-corrected chi connectivity index (χ0v) is 19.6. The molecule has 12 heteroatoms. The van der Waals surface area contributed by atoms with Gasteiger partial charge in [0.1, 0.15) is 6.33 Å². The molecule has 0 bridgehead atoms. The van der Waals surface area contributed by atoms with Crippen molar-refractivity contribution in [1.29, 1.82) is 0 Å². The second-order valence-electron chi connectivity index (χ2n) is 7.80. The molecule has 178 valence electrons. The van der Waals surface area contributed by atoms with Crippen LogP contribution in [-0.4, -0.2) is 82.2 Å². The van der Waals surface area contributed by atoms with Gasteiger partial charge in [-0.15, -0.1) is 10.2 Å². The van der Waals surface area contributed by atoms with Crippen LogP contribution in [0.4, 0.5) is 22.0 Å². The van der Waals surface area contributed by atoms with Crippen molar-refractivity contribution >= 4 is 29.1 Å². The Hall–Kier alpha value is -4.06. The fraction of sp³-hybridized carbons (Fsp3) is 0.364. The van der Waals surface area contributed by atoms with Crippen LogP contribution in [0, 0.1) is 6.92 Å². The predicted molar refractivity (Wildman–Crippen MR) is 126 cm³/mol. The fourth-order valence-electron chi connectivity index (χ4n) is 3.72. The van der Waals surface area contributed by atoms with Gasteiger partial charge in [-0.2, -0.15) is 5.10 Å². The summed E-state index contributed by atoms with van der Waals surface area (Å²) in [6.07, 6.45) is 1.64. The molecule has 3 heterocycles. The third-order valence-corrected chi connectivity index (χ3v) is 5.60. The van der Waals surface area contributed by atoms with E-state index in [1.165, 1.54) is 7.05 Å². The number of ether oxygens (including phenoxy) is 1. The molecule has 0 saturated carbocycles. The highest BCUT2D eigenvalue weighted by Crippen LogP contribution is 2.31. The van der Waals surface area contributed by atoms with Gasteiger partial charge < -0.3 is 20.3 Å². The lowest BCUT2D eigenvalue weighted by atomic mass is 10.1. The highest BCUT2D eigenvalue weighted by Gasteiger charge is 2.31. The first-order valence-corrected chi connectivity index (χ1v) is 10.8. The van der Waals surface area contributed by atoms with Crippen molar-refractivity contribution in [3.63, 3.8) is 0 Å². The number of aromatic nitrogens is 5. The van der Waals surface area contributed by atoms with Crippen LogP contribution in [0.5, 0.6) is 0 Å². The minimum absolute atomic E-state index is 0.120. The number of nitrogens with zero attached hydrogens (tertiary/aromatic N) is 7. The minimum atomic E-state index is -0.392. The average molecular weight is 466 g/mol. The molecule has 0 unspecified atom stereocenters. The van der Waals surface area contributed by atoms with Crippen LogP contribution in [0.25, 0.3) is 11.4 Å². The van der Waals surface area contributed by atoms with E-state index in [0.29, 0.717) is 43.6 Å². The number of rotatable bonds is 8. The van der Waals surface area contributed by atoms with E-state index in [1.807, 2.05) is 32.2 Å². The molecule has 3 aromatic rings. The summed E-state index contributed by atoms with van der Waals surface area (Å²) in [5, 5.41) is 18.6. The van der Waals surface area contributed by atoms with Gasteiger partial charge in [0.25, 0.3) is 5.91 Å². The van der Waals surface area contributed by atoms with E-state index in [2.05, 4.69) is 30.9 Å². The fourth-order valence-corrected chi connectivity index (χ4v) is 3.72. The zero-order valence-electron chi connectivity index (χ0n) is 19.6. The summed E-state index contributed by atoms with van der Waals surface area (Å²) in [4.78, 5) is 32.9. The molecule has 0 aliphatic carbocycles. The number of hydrogen-bond acceptors (Lipinski definition) is 8. The van der Waals surface area contributed by atoms with Gasteiger partial charge in [-0.3, -0.25) is 14.4 Å². The predicted octanol–water partition coefficient (Wildman–Crippen LogP) is 1.57. The molecule has 0 radical (unpaired) electrons. The molecule has 0 spiro atoms.